The van der Waals surface area contributed by atoms with Crippen molar-refractivity contribution in [2.24, 2.45) is 0 Å². The van der Waals surface area contributed by atoms with Crippen LogP contribution in [0.25, 0.3) is 0 Å². The predicted molar refractivity (Wildman–Crippen MR) is 74.3 cm³/mol. The summed E-state index contributed by atoms with van der Waals surface area (Å²) in [6.45, 7) is 6.19. The molecule has 6 heteroatoms. The molecule has 1 rings (SSSR count). The molecule has 0 amide bonds. The average molecular weight is 266 g/mol. The molecule has 6 nitrogen and oxygen atoms in total. The molecule has 0 fully saturated rings. The maximum absolute atomic E-state index is 11.1. The van der Waals surface area contributed by atoms with Gasteiger partial charge < -0.3 is 14.4 Å². The Kier molecular flexibility index (Phi) is 4.74. The predicted octanol–water partition coefficient (Wildman–Crippen LogP) is 2.62. The molecular weight excluding hydrogens is 248 g/mol. The summed E-state index contributed by atoms with van der Waals surface area (Å²) in [5, 5.41) is 11.1. The van der Waals surface area contributed by atoms with Crippen molar-refractivity contribution in [3.8, 4) is 11.5 Å². The fourth-order valence-electron chi connectivity index (χ4n) is 1.80. The molecule has 0 radical (unpaired) electrons. The fraction of sp³-hybridized carbons (Fsp3) is 0.385. The van der Waals surface area contributed by atoms with Crippen LogP contribution in [-0.2, 0) is 0 Å². The van der Waals surface area contributed by atoms with Crippen molar-refractivity contribution < 1.29 is 14.4 Å². The summed E-state index contributed by atoms with van der Waals surface area (Å²) in [6, 6.07) is 2.96. The monoisotopic (exact) mass is 266 g/mol. The second-order valence-electron chi connectivity index (χ2n) is 4.27. The first-order valence-corrected chi connectivity index (χ1v) is 5.66. The van der Waals surface area contributed by atoms with E-state index in [4.69, 9.17) is 9.47 Å². The second-order valence-corrected chi connectivity index (χ2v) is 4.27. The van der Waals surface area contributed by atoms with Gasteiger partial charge in [0.2, 0.25) is 0 Å². The highest BCUT2D eigenvalue weighted by molar-refractivity contribution is 5.69. The van der Waals surface area contributed by atoms with Crippen LogP contribution in [0, 0.1) is 10.1 Å². The highest BCUT2D eigenvalue weighted by atomic mass is 16.6. The lowest BCUT2D eigenvalue weighted by molar-refractivity contribution is -0.384. The Labute approximate surface area is 112 Å². The molecule has 1 aromatic carbocycles. The van der Waals surface area contributed by atoms with Crippen LogP contribution >= 0.6 is 0 Å². The minimum atomic E-state index is -0.438. The number of nitrogens with zero attached hydrogens (tertiary/aromatic N) is 2. The first-order chi connectivity index (χ1) is 8.90. The van der Waals surface area contributed by atoms with Crippen LogP contribution in [0.3, 0.4) is 0 Å². The van der Waals surface area contributed by atoms with Crippen molar-refractivity contribution in [3.63, 3.8) is 0 Å². The molecule has 104 valence electrons. The summed E-state index contributed by atoms with van der Waals surface area (Å²) in [5.41, 5.74) is 1.35. The van der Waals surface area contributed by atoms with Gasteiger partial charge in [-0.2, -0.15) is 0 Å². The molecule has 0 aliphatic carbocycles. The molecule has 0 saturated carbocycles. The summed E-state index contributed by atoms with van der Waals surface area (Å²) < 4.78 is 10.2. The molecule has 0 aliphatic rings. The van der Waals surface area contributed by atoms with Crippen LogP contribution in [0.2, 0.25) is 0 Å². The summed E-state index contributed by atoms with van der Waals surface area (Å²) in [5.74, 6) is 0.790. The fourth-order valence-corrected chi connectivity index (χ4v) is 1.80. The number of nitro groups is 1. The van der Waals surface area contributed by atoms with Crippen LogP contribution in [0.5, 0.6) is 11.5 Å². The number of anilines is 1. The molecule has 0 unspecified atom stereocenters. The van der Waals surface area contributed by atoms with E-state index in [1.807, 2.05) is 6.92 Å². The molecular formula is C13H18N2O4. The van der Waals surface area contributed by atoms with Crippen molar-refractivity contribution in [3.05, 3.63) is 34.4 Å². The lowest BCUT2D eigenvalue weighted by Crippen LogP contribution is -2.20. The van der Waals surface area contributed by atoms with Crippen LogP contribution in [0.4, 0.5) is 11.4 Å². The molecule has 0 aliphatic heterocycles. The summed E-state index contributed by atoms with van der Waals surface area (Å²) >= 11 is 0. The Bertz CT molecular complexity index is 500. The molecule has 0 heterocycles. The number of rotatable bonds is 6. The zero-order valence-electron chi connectivity index (χ0n) is 11.6. The number of hydrogen-bond acceptors (Lipinski definition) is 5. The number of likely N-dealkylation sites (N-methyl/N-ethyl adjacent to an activating group) is 1. The van der Waals surface area contributed by atoms with Gasteiger partial charge in [0.05, 0.1) is 25.2 Å². The van der Waals surface area contributed by atoms with Gasteiger partial charge >= 0.3 is 0 Å². The standard InChI is InChI=1S/C13H18N2O4/c1-9(2)8-14(3)10-6-12(18-4)13(19-5)7-11(10)15(16)17/h6-7H,1,8H2,2-5H3. The van der Waals surface area contributed by atoms with Crippen LogP contribution in [0.1, 0.15) is 6.92 Å². The summed E-state index contributed by atoms with van der Waals surface area (Å²) in [4.78, 5) is 12.5. The van der Waals surface area contributed by atoms with Crippen LogP contribution in [-0.4, -0.2) is 32.7 Å². The van der Waals surface area contributed by atoms with E-state index >= 15 is 0 Å². The minimum absolute atomic E-state index is 0.0265. The number of methoxy groups -OCH3 is 2. The van der Waals surface area contributed by atoms with Gasteiger partial charge in [-0.05, 0) is 6.92 Å². The maximum atomic E-state index is 11.1. The van der Waals surface area contributed by atoms with E-state index < -0.39 is 4.92 Å². The van der Waals surface area contributed by atoms with Crippen molar-refractivity contribution in [2.45, 2.75) is 6.92 Å². The Hall–Kier alpha value is -2.24. The van der Waals surface area contributed by atoms with Gasteiger partial charge in [0.15, 0.2) is 11.5 Å². The highest BCUT2D eigenvalue weighted by Crippen LogP contribution is 2.39. The van der Waals surface area contributed by atoms with E-state index in [2.05, 4.69) is 6.58 Å². The smallest absolute Gasteiger partial charge is 0.296 e. The summed E-state index contributed by atoms with van der Waals surface area (Å²) in [6.07, 6.45) is 0. The van der Waals surface area contributed by atoms with Gasteiger partial charge in [0.25, 0.3) is 5.69 Å². The van der Waals surface area contributed by atoms with E-state index in [0.717, 1.165) is 5.57 Å². The molecule has 0 spiro atoms. The van der Waals surface area contributed by atoms with E-state index in [9.17, 15) is 10.1 Å². The highest BCUT2D eigenvalue weighted by Gasteiger charge is 2.22. The number of nitro benzene ring substituents is 1. The van der Waals surface area contributed by atoms with Crippen molar-refractivity contribution >= 4 is 11.4 Å². The average Bonchev–Trinajstić information content (AvgIpc) is 2.35. The third-order valence-corrected chi connectivity index (χ3v) is 2.60. The normalized spacial score (nSPS) is 9.89. The topological polar surface area (TPSA) is 64.8 Å². The molecule has 0 N–H and O–H groups in total. The van der Waals surface area contributed by atoms with Gasteiger partial charge in [0, 0.05) is 19.7 Å². The Balaban J connectivity index is 3.34. The number of benzene rings is 1. The molecule has 0 atom stereocenters. The zero-order chi connectivity index (χ0) is 14.6. The Morgan fingerprint density at radius 2 is 1.89 bits per heavy atom. The van der Waals surface area contributed by atoms with Gasteiger partial charge in [-0.25, -0.2) is 0 Å². The quantitative estimate of drug-likeness (QED) is 0.450. The molecule has 1 aromatic rings. The molecule has 0 saturated heterocycles. The minimum Gasteiger partial charge on any atom is -0.493 e. The maximum Gasteiger partial charge on any atom is 0.296 e. The third kappa shape index (κ3) is 3.37. The van der Waals surface area contributed by atoms with E-state index in [1.165, 1.54) is 20.3 Å². The van der Waals surface area contributed by atoms with E-state index in [0.29, 0.717) is 23.7 Å². The van der Waals surface area contributed by atoms with Gasteiger partial charge in [-0.3, -0.25) is 10.1 Å². The third-order valence-electron chi connectivity index (χ3n) is 2.60. The van der Waals surface area contributed by atoms with Gasteiger partial charge in [-0.15, -0.1) is 0 Å². The van der Waals surface area contributed by atoms with Gasteiger partial charge in [-0.1, -0.05) is 12.2 Å². The van der Waals surface area contributed by atoms with E-state index in [1.54, 1.807) is 18.0 Å². The summed E-state index contributed by atoms with van der Waals surface area (Å²) in [7, 11) is 4.70. The Morgan fingerprint density at radius 1 is 1.37 bits per heavy atom. The van der Waals surface area contributed by atoms with Crippen LogP contribution < -0.4 is 14.4 Å². The van der Waals surface area contributed by atoms with E-state index in [-0.39, 0.29) is 5.69 Å². The first kappa shape index (κ1) is 14.8. The SMILES string of the molecule is C=C(C)CN(C)c1cc(OC)c(OC)cc1[N+](=O)[O-]. The largest absolute Gasteiger partial charge is 0.493 e. The second kappa shape index (κ2) is 6.08. The van der Waals surface area contributed by atoms with Crippen molar-refractivity contribution in [1.29, 1.82) is 0 Å². The lowest BCUT2D eigenvalue weighted by Gasteiger charge is -2.20. The lowest BCUT2D eigenvalue weighted by atomic mass is 10.2. The zero-order valence-corrected chi connectivity index (χ0v) is 11.6. The first-order valence-electron chi connectivity index (χ1n) is 5.66. The molecule has 0 bridgehead atoms. The van der Waals surface area contributed by atoms with Crippen molar-refractivity contribution in [1.82, 2.24) is 0 Å². The van der Waals surface area contributed by atoms with Crippen LogP contribution in [0.15, 0.2) is 24.3 Å². The number of hydrogen-bond donors (Lipinski definition) is 0. The van der Waals surface area contributed by atoms with Crippen molar-refractivity contribution in [2.75, 3.05) is 32.7 Å². The Morgan fingerprint density at radius 3 is 2.32 bits per heavy atom. The number of ether oxygens (including phenoxy) is 2. The molecule has 19 heavy (non-hydrogen) atoms. The molecule has 0 aromatic heterocycles. The van der Waals surface area contributed by atoms with Gasteiger partial charge in [0.1, 0.15) is 5.69 Å².